The van der Waals surface area contributed by atoms with Gasteiger partial charge >= 0.3 is 48.0 Å². The molecule has 0 aliphatic carbocycles. The third kappa shape index (κ3) is 17.1. The van der Waals surface area contributed by atoms with Gasteiger partial charge in [0.2, 0.25) is 0 Å². The van der Waals surface area contributed by atoms with Crippen molar-refractivity contribution in [1.29, 1.82) is 0 Å². The first-order valence-corrected chi connectivity index (χ1v) is 19.4. The van der Waals surface area contributed by atoms with Crippen molar-refractivity contribution in [2.75, 3.05) is 13.2 Å². The second-order valence-corrected chi connectivity index (χ2v) is 15.1. The standard InChI is InChI=1S/C22H19ClF5NO6.C20H19ClF5NO3/c23-15-3-1-2-14(9-15)13-6-4-12(5-7-13)8-16(29-18(31)19(32)33)10-17(30)20(34)35-11-21(24,25)22(26,27)28;21-15-3-1-2-14(9-15)13-6-4-12(5-7-13)8-16(27)10-17(28)18(29)30-11-19(22,23)20(24,25)26/h1-7,9,16-17,30H,8,10-11H2,(H,29,31)(H,32,33);1-7,9,16-17,28H,8,10-11,27H2/t2*16-,17-/m11/s1. The van der Waals surface area contributed by atoms with Gasteiger partial charge in [0.05, 0.1) is 0 Å². The molecule has 65 heavy (non-hydrogen) atoms. The number of aliphatic hydroxyl groups is 2. The molecular formula is C42H38Cl2F10N2O9. The number of nitrogens with one attached hydrogen (secondary N) is 1. The van der Waals surface area contributed by atoms with E-state index in [0.717, 1.165) is 27.8 Å². The lowest BCUT2D eigenvalue weighted by molar-refractivity contribution is -0.294. The lowest BCUT2D eigenvalue weighted by Gasteiger charge is -2.22. The minimum Gasteiger partial charge on any atom is -0.474 e. The topological polar surface area (TPSA) is 185 Å². The van der Waals surface area contributed by atoms with E-state index in [9.17, 15) is 73.3 Å². The first kappa shape index (κ1) is 53.9. The zero-order chi connectivity index (χ0) is 48.9. The Hall–Kier alpha value is -5.48. The third-order valence-corrected chi connectivity index (χ3v) is 9.40. The molecule has 0 saturated heterocycles. The Morgan fingerprint density at radius 2 is 0.969 bits per heavy atom. The van der Waals surface area contributed by atoms with Crippen molar-refractivity contribution in [3.63, 3.8) is 0 Å². The van der Waals surface area contributed by atoms with Crippen LogP contribution in [0, 0.1) is 0 Å². The molecule has 0 aromatic heterocycles. The van der Waals surface area contributed by atoms with Gasteiger partial charge in [-0.05, 0) is 76.9 Å². The number of rotatable bonds is 17. The number of alkyl halides is 10. The van der Waals surface area contributed by atoms with Crippen LogP contribution >= 0.6 is 23.2 Å². The molecule has 0 heterocycles. The summed E-state index contributed by atoms with van der Waals surface area (Å²) in [6.45, 7) is -4.55. The molecule has 0 aliphatic rings. The van der Waals surface area contributed by atoms with Crippen molar-refractivity contribution < 1.29 is 87.9 Å². The predicted molar refractivity (Wildman–Crippen MR) is 214 cm³/mol. The average Bonchev–Trinajstić information content (AvgIpc) is 3.21. The monoisotopic (exact) mass is 974 g/mol. The minimum absolute atomic E-state index is 0.113. The number of aliphatic carboxylic acids is 1. The summed E-state index contributed by atoms with van der Waals surface area (Å²) in [6.07, 6.45) is -16.9. The number of carboxylic acids is 1. The SMILES string of the molecule is N[C@H](Cc1ccc(-c2cccc(Cl)c2)cc1)C[C@@H](O)C(=O)OCC(F)(F)C(F)(F)F.O=C(O)C(=O)N[C@H](Cc1ccc(-c2cccc(Cl)c2)cc1)C[C@@H](O)C(=O)OCC(F)(F)C(F)(F)F. The Balaban J connectivity index is 0.000000349. The number of esters is 2. The summed E-state index contributed by atoms with van der Waals surface area (Å²) < 4.78 is 132. The summed E-state index contributed by atoms with van der Waals surface area (Å²) in [7, 11) is 0. The summed E-state index contributed by atoms with van der Waals surface area (Å²) in [4.78, 5) is 45.7. The van der Waals surface area contributed by atoms with Crippen LogP contribution in [0.1, 0.15) is 24.0 Å². The van der Waals surface area contributed by atoms with Crippen molar-refractivity contribution >= 4 is 47.0 Å². The smallest absolute Gasteiger partial charge is 0.456 e. The molecule has 23 heteroatoms. The van der Waals surface area contributed by atoms with E-state index in [1.807, 2.05) is 29.6 Å². The number of carbonyl (C=O) groups excluding carboxylic acids is 3. The Morgan fingerprint density at radius 1 is 0.585 bits per heavy atom. The first-order valence-electron chi connectivity index (χ1n) is 18.7. The van der Waals surface area contributed by atoms with E-state index in [1.54, 1.807) is 72.8 Å². The minimum atomic E-state index is -5.96. The molecule has 4 aromatic rings. The number of hydrogen-bond donors (Lipinski definition) is 5. The number of halogens is 12. The van der Waals surface area contributed by atoms with Crippen LogP contribution in [0.25, 0.3) is 22.3 Å². The zero-order valence-electron chi connectivity index (χ0n) is 33.2. The second kappa shape index (κ2) is 23.1. The number of ether oxygens (including phenoxy) is 2. The van der Waals surface area contributed by atoms with Crippen LogP contribution < -0.4 is 11.1 Å². The van der Waals surface area contributed by atoms with Gasteiger partial charge in [0.15, 0.2) is 25.4 Å². The molecule has 0 spiro atoms. The highest BCUT2D eigenvalue weighted by Gasteiger charge is 2.59. The summed E-state index contributed by atoms with van der Waals surface area (Å²) in [5.74, 6) is -17.3. The molecule has 1 amide bonds. The first-order chi connectivity index (χ1) is 30.1. The van der Waals surface area contributed by atoms with E-state index in [1.165, 1.54) is 0 Å². The van der Waals surface area contributed by atoms with Crippen LogP contribution in [0.5, 0.6) is 0 Å². The van der Waals surface area contributed by atoms with Crippen molar-refractivity contribution in [2.45, 2.75) is 74.2 Å². The molecule has 0 fully saturated rings. The van der Waals surface area contributed by atoms with Gasteiger partial charge < -0.3 is 35.8 Å². The van der Waals surface area contributed by atoms with E-state index >= 15 is 0 Å². The van der Waals surface area contributed by atoms with Crippen molar-refractivity contribution in [3.8, 4) is 22.3 Å². The fraction of sp³-hybridized carbons (Fsp3) is 0.333. The van der Waals surface area contributed by atoms with Gasteiger partial charge in [0, 0.05) is 28.5 Å². The lowest BCUT2D eigenvalue weighted by Crippen LogP contribution is -2.45. The van der Waals surface area contributed by atoms with Crippen LogP contribution in [0.15, 0.2) is 97.1 Å². The maximum atomic E-state index is 12.9. The van der Waals surface area contributed by atoms with E-state index in [0.29, 0.717) is 15.6 Å². The van der Waals surface area contributed by atoms with E-state index in [-0.39, 0.29) is 19.3 Å². The van der Waals surface area contributed by atoms with Gasteiger partial charge in [-0.3, -0.25) is 4.79 Å². The molecule has 0 unspecified atom stereocenters. The summed E-state index contributed by atoms with van der Waals surface area (Å²) in [5.41, 5.74) is 10.5. The van der Waals surface area contributed by atoms with Crippen LogP contribution in [0.3, 0.4) is 0 Å². The highest BCUT2D eigenvalue weighted by Crippen LogP contribution is 2.36. The number of hydrogen-bond acceptors (Lipinski definition) is 9. The maximum Gasteiger partial charge on any atom is 0.456 e. The van der Waals surface area contributed by atoms with Gasteiger partial charge in [-0.25, -0.2) is 14.4 Å². The predicted octanol–water partition coefficient (Wildman–Crippen LogP) is 7.98. The molecule has 4 rings (SSSR count). The Morgan fingerprint density at radius 3 is 1.34 bits per heavy atom. The molecule has 0 bridgehead atoms. The van der Waals surface area contributed by atoms with Crippen LogP contribution in [0.2, 0.25) is 10.0 Å². The normalized spacial score (nSPS) is 13.9. The fourth-order valence-electron chi connectivity index (χ4n) is 5.54. The Labute approximate surface area is 373 Å². The van der Waals surface area contributed by atoms with Gasteiger partial charge in [-0.2, -0.15) is 43.9 Å². The molecule has 0 aliphatic heterocycles. The van der Waals surface area contributed by atoms with Crippen molar-refractivity contribution in [3.05, 3.63) is 118 Å². The lowest BCUT2D eigenvalue weighted by atomic mass is 9.98. The van der Waals surface area contributed by atoms with Crippen LogP contribution in [0.4, 0.5) is 43.9 Å². The van der Waals surface area contributed by atoms with Gasteiger partial charge in [-0.15, -0.1) is 0 Å². The van der Waals surface area contributed by atoms with Crippen molar-refractivity contribution in [2.24, 2.45) is 5.73 Å². The molecule has 354 valence electrons. The van der Waals surface area contributed by atoms with Crippen LogP contribution in [-0.4, -0.2) is 101 Å². The van der Waals surface area contributed by atoms with E-state index in [4.69, 9.17) is 34.0 Å². The number of nitrogens with two attached hydrogens (primary N) is 1. The molecule has 4 aromatic carbocycles. The Kier molecular flexibility index (Phi) is 19.2. The third-order valence-electron chi connectivity index (χ3n) is 8.93. The van der Waals surface area contributed by atoms with E-state index < -0.39 is 91.9 Å². The van der Waals surface area contributed by atoms with Gasteiger partial charge in [0.25, 0.3) is 0 Å². The number of aliphatic hydroxyl groups excluding tert-OH is 2. The number of carboxylic acid groups (broad SMARTS) is 1. The maximum absolute atomic E-state index is 12.9. The average molecular weight is 976 g/mol. The summed E-state index contributed by atoms with van der Waals surface area (Å²) in [5, 5.41) is 31.6. The van der Waals surface area contributed by atoms with Crippen molar-refractivity contribution in [1.82, 2.24) is 5.32 Å². The van der Waals surface area contributed by atoms with Gasteiger partial charge in [0.1, 0.15) is 0 Å². The zero-order valence-corrected chi connectivity index (χ0v) is 34.7. The molecule has 11 nitrogen and oxygen atoms in total. The Bertz CT molecular complexity index is 2230. The molecular weight excluding hydrogens is 937 g/mol. The summed E-state index contributed by atoms with van der Waals surface area (Å²) in [6, 6.07) is 26.1. The number of carbonyl (C=O) groups is 4. The molecule has 0 radical (unpaired) electrons. The fourth-order valence-corrected chi connectivity index (χ4v) is 5.92. The molecule has 6 N–H and O–H groups in total. The molecule has 0 saturated carbocycles. The van der Waals surface area contributed by atoms with E-state index in [2.05, 4.69) is 9.47 Å². The van der Waals surface area contributed by atoms with Gasteiger partial charge in [-0.1, -0.05) is 96.0 Å². The quantitative estimate of drug-likeness (QED) is 0.0395. The number of benzene rings is 4. The number of amides is 1. The van der Waals surface area contributed by atoms with Crippen LogP contribution in [-0.2, 0) is 41.5 Å². The highest BCUT2D eigenvalue weighted by molar-refractivity contribution is 6.31. The largest absolute Gasteiger partial charge is 0.474 e. The summed E-state index contributed by atoms with van der Waals surface area (Å²) >= 11 is 11.9. The highest BCUT2D eigenvalue weighted by atomic mass is 35.5. The molecule has 4 atom stereocenters. The second-order valence-electron chi connectivity index (χ2n) is 14.2.